The Hall–Kier alpha value is -1.97. The standard InChI is InChI=1S/C15H22N4/c1-4-19-15(14(16)12(2)17-19)18(3)11-10-13-8-6-5-7-9-13/h5-9H,4,10-11,16H2,1-3H3. The van der Waals surface area contributed by atoms with Crippen LogP contribution in [0.15, 0.2) is 30.3 Å². The maximum absolute atomic E-state index is 6.12. The van der Waals surface area contributed by atoms with Crippen LogP contribution >= 0.6 is 0 Å². The minimum atomic E-state index is 0.789. The molecule has 1 aromatic carbocycles. The first-order chi connectivity index (χ1) is 9.13. The van der Waals surface area contributed by atoms with Gasteiger partial charge in [-0.15, -0.1) is 0 Å². The average molecular weight is 258 g/mol. The van der Waals surface area contributed by atoms with Crippen LogP contribution in [0.3, 0.4) is 0 Å². The number of anilines is 2. The van der Waals surface area contributed by atoms with Gasteiger partial charge in [-0.1, -0.05) is 30.3 Å². The largest absolute Gasteiger partial charge is 0.394 e. The topological polar surface area (TPSA) is 47.1 Å². The molecule has 19 heavy (non-hydrogen) atoms. The summed E-state index contributed by atoms with van der Waals surface area (Å²) in [5.41, 5.74) is 9.16. The molecule has 2 N–H and O–H groups in total. The first-order valence-electron chi connectivity index (χ1n) is 6.71. The molecule has 1 aromatic heterocycles. The molecule has 0 atom stereocenters. The monoisotopic (exact) mass is 258 g/mol. The number of aryl methyl sites for hydroxylation is 2. The lowest BCUT2D eigenvalue weighted by molar-refractivity contribution is 0.640. The number of nitrogen functional groups attached to an aromatic ring is 1. The van der Waals surface area contributed by atoms with E-state index in [0.717, 1.165) is 36.7 Å². The molecule has 0 saturated heterocycles. The molecule has 0 aliphatic heterocycles. The number of likely N-dealkylation sites (N-methyl/N-ethyl adjacent to an activating group) is 1. The van der Waals surface area contributed by atoms with Gasteiger partial charge in [0.1, 0.15) is 5.82 Å². The number of hydrogen-bond donors (Lipinski definition) is 1. The van der Waals surface area contributed by atoms with Crippen molar-refractivity contribution in [1.29, 1.82) is 0 Å². The minimum Gasteiger partial charge on any atom is -0.394 e. The summed E-state index contributed by atoms with van der Waals surface area (Å²) >= 11 is 0. The minimum absolute atomic E-state index is 0.789. The van der Waals surface area contributed by atoms with E-state index in [-0.39, 0.29) is 0 Å². The van der Waals surface area contributed by atoms with Crippen molar-refractivity contribution >= 4 is 11.5 Å². The highest BCUT2D eigenvalue weighted by Gasteiger charge is 2.15. The van der Waals surface area contributed by atoms with Gasteiger partial charge >= 0.3 is 0 Å². The van der Waals surface area contributed by atoms with E-state index in [1.807, 2.05) is 17.7 Å². The molecule has 4 heteroatoms. The van der Waals surface area contributed by atoms with E-state index in [1.54, 1.807) is 0 Å². The second-order valence-electron chi connectivity index (χ2n) is 4.80. The normalized spacial score (nSPS) is 10.7. The highest BCUT2D eigenvalue weighted by Crippen LogP contribution is 2.25. The maximum atomic E-state index is 6.12. The Morgan fingerprint density at radius 3 is 2.58 bits per heavy atom. The molecule has 0 bridgehead atoms. The lowest BCUT2D eigenvalue weighted by Gasteiger charge is -2.20. The molecule has 0 fully saturated rings. The average Bonchev–Trinajstić information content (AvgIpc) is 2.73. The zero-order valence-electron chi connectivity index (χ0n) is 11.9. The van der Waals surface area contributed by atoms with Gasteiger partial charge in [0.2, 0.25) is 0 Å². The van der Waals surface area contributed by atoms with Gasteiger partial charge < -0.3 is 10.6 Å². The van der Waals surface area contributed by atoms with Gasteiger partial charge in [0.05, 0.1) is 11.4 Å². The lowest BCUT2D eigenvalue weighted by Crippen LogP contribution is -2.24. The van der Waals surface area contributed by atoms with E-state index < -0.39 is 0 Å². The molecule has 0 spiro atoms. The van der Waals surface area contributed by atoms with Crippen LogP contribution in [-0.2, 0) is 13.0 Å². The maximum Gasteiger partial charge on any atom is 0.150 e. The Morgan fingerprint density at radius 2 is 1.95 bits per heavy atom. The van der Waals surface area contributed by atoms with E-state index in [0.29, 0.717) is 0 Å². The molecule has 2 rings (SSSR count). The van der Waals surface area contributed by atoms with Crippen LogP contribution in [0.4, 0.5) is 11.5 Å². The number of nitrogens with two attached hydrogens (primary N) is 1. The predicted molar refractivity (Wildman–Crippen MR) is 80.5 cm³/mol. The highest BCUT2D eigenvalue weighted by molar-refractivity contribution is 5.65. The van der Waals surface area contributed by atoms with Crippen molar-refractivity contribution in [1.82, 2.24) is 9.78 Å². The van der Waals surface area contributed by atoms with Gasteiger partial charge in [0.15, 0.2) is 0 Å². The molecule has 4 nitrogen and oxygen atoms in total. The van der Waals surface area contributed by atoms with Gasteiger partial charge in [0.25, 0.3) is 0 Å². The molecular weight excluding hydrogens is 236 g/mol. The van der Waals surface area contributed by atoms with E-state index in [9.17, 15) is 0 Å². The molecule has 0 unspecified atom stereocenters. The molecule has 0 amide bonds. The van der Waals surface area contributed by atoms with Gasteiger partial charge in [0, 0.05) is 20.1 Å². The first-order valence-corrected chi connectivity index (χ1v) is 6.71. The summed E-state index contributed by atoms with van der Waals surface area (Å²) in [6.07, 6.45) is 1.00. The van der Waals surface area contributed by atoms with Crippen molar-refractivity contribution < 1.29 is 0 Å². The summed E-state index contributed by atoms with van der Waals surface area (Å²) in [6, 6.07) is 10.5. The second kappa shape index (κ2) is 5.78. The Kier molecular flexibility index (Phi) is 4.10. The predicted octanol–water partition coefficient (Wildman–Crippen LogP) is 2.47. The van der Waals surface area contributed by atoms with Gasteiger partial charge in [-0.05, 0) is 25.8 Å². The Labute approximate surface area is 114 Å². The lowest BCUT2D eigenvalue weighted by atomic mass is 10.1. The van der Waals surface area contributed by atoms with E-state index in [4.69, 9.17) is 5.73 Å². The third-order valence-corrected chi connectivity index (χ3v) is 3.39. The molecule has 0 saturated carbocycles. The fraction of sp³-hybridized carbons (Fsp3) is 0.400. The van der Waals surface area contributed by atoms with E-state index >= 15 is 0 Å². The summed E-state index contributed by atoms with van der Waals surface area (Å²) in [4.78, 5) is 2.19. The molecule has 0 aliphatic rings. The molecule has 102 valence electrons. The van der Waals surface area contributed by atoms with Crippen LogP contribution in [0.1, 0.15) is 18.2 Å². The zero-order chi connectivity index (χ0) is 13.8. The number of aromatic nitrogens is 2. The summed E-state index contributed by atoms with van der Waals surface area (Å²) in [6.45, 7) is 5.80. The van der Waals surface area contributed by atoms with Gasteiger partial charge in [-0.25, -0.2) is 4.68 Å². The summed E-state index contributed by atoms with van der Waals surface area (Å²) in [5.74, 6) is 1.02. The number of hydrogen-bond acceptors (Lipinski definition) is 3. The van der Waals surface area contributed by atoms with Crippen LogP contribution in [0.25, 0.3) is 0 Å². The molecular formula is C15H22N4. The van der Waals surface area contributed by atoms with Crippen LogP contribution in [0.2, 0.25) is 0 Å². The molecule has 0 radical (unpaired) electrons. The van der Waals surface area contributed by atoms with Gasteiger partial charge in [-0.2, -0.15) is 5.10 Å². The summed E-state index contributed by atoms with van der Waals surface area (Å²) < 4.78 is 1.97. The fourth-order valence-corrected chi connectivity index (χ4v) is 2.25. The summed E-state index contributed by atoms with van der Waals surface area (Å²) in [7, 11) is 2.07. The Bertz CT molecular complexity index is 531. The summed E-state index contributed by atoms with van der Waals surface area (Å²) in [5, 5.41) is 4.45. The third kappa shape index (κ3) is 2.89. The van der Waals surface area contributed by atoms with E-state index in [2.05, 4.69) is 48.2 Å². The molecule has 1 heterocycles. The van der Waals surface area contributed by atoms with Gasteiger partial charge in [-0.3, -0.25) is 0 Å². The highest BCUT2D eigenvalue weighted by atomic mass is 15.4. The quantitative estimate of drug-likeness (QED) is 0.896. The van der Waals surface area contributed by atoms with Crippen LogP contribution in [0, 0.1) is 6.92 Å². The van der Waals surface area contributed by atoms with Crippen molar-refractivity contribution in [2.75, 3.05) is 24.2 Å². The van der Waals surface area contributed by atoms with Crippen molar-refractivity contribution in [2.45, 2.75) is 26.8 Å². The third-order valence-electron chi connectivity index (χ3n) is 3.39. The van der Waals surface area contributed by atoms with Crippen molar-refractivity contribution in [3.05, 3.63) is 41.6 Å². The second-order valence-corrected chi connectivity index (χ2v) is 4.80. The number of nitrogens with zero attached hydrogens (tertiary/aromatic N) is 3. The Morgan fingerprint density at radius 1 is 1.26 bits per heavy atom. The van der Waals surface area contributed by atoms with Crippen LogP contribution < -0.4 is 10.6 Å². The van der Waals surface area contributed by atoms with Crippen molar-refractivity contribution in [2.24, 2.45) is 0 Å². The molecule has 2 aromatic rings. The zero-order valence-corrected chi connectivity index (χ0v) is 11.9. The first kappa shape index (κ1) is 13.5. The SMILES string of the molecule is CCn1nc(C)c(N)c1N(C)CCc1ccccc1. The van der Waals surface area contributed by atoms with Crippen LogP contribution in [-0.4, -0.2) is 23.4 Å². The molecule has 0 aliphatic carbocycles. The van der Waals surface area contributed by atoms with Crippen LogP contribution in [0.5, 0.6) is 0 Å². The van der Waals surface area contributed by atoms with Crippen molar-refractivity contribution in [3.8, 4) is 0 Å². The number of benzene rings is 1. The van der Waals surface area contributed by atoms with Crippen molar-refractivity contribution in [3.63, 3.8) is 0 Å². The Balaban J connectivity index is 2.10. The number of rotatable bonds is 5. The fourth-order valence-electron chi connectivity index (χ4n) is 2.25. The smallest absolute Gasteiger partial charge is 0.150 e. The van der Waals surface area contributed by atoms with E-state index in [1.165, 1.54) is 5.56 Å².